The Labute approximate surface area is 153 Å². The molecule has 0 amide bonds. The summed E-state index contributed by atoms with van der Waals surface area (Å²) in [5.74, 6) is 0.846. The van der Waals surface area contributed by atoms with Crippen LogP contribution in [0, 0.1) is 0 Å². The third-order valence-corrected chi connectivity index (χ3v) is 4.90. The normalized spacial score (nSPS) is 25.8. The Hall–Kier alpha value is -2.69. The van der Waals surface area contributed by atoms with Crippen LogP contribution in [0.4, 0.5) is 0 Å². The van der Waals surface area contributed by atoms with E-state index in [4.69, 9.17) is 9.73 Å². The fraction of sp³-hybridized carbons (Fsp3) is 0.381. The summed E-state index contributed by atoms with van der Waals surface area (Å²) in [5.41, 5.74) is 6.25. The van der Waals surface area contributed by atoms with Gasteiger partial charge in [-0.1, -0.05) is 12.2 Å². The molecule has 0 fully saturated rings. The first-order chi connectivity index (χ1) is 12.6. The molecule has 0 spiro atoms. The molecule has 134 valence electrons. The third-order valence-electron chi connectivity index (χ3n) is 4.90. The molecule has 0 aromatic carbocycles. The first kappa shape index (κ1) is 16.8. The molecule has 4 aliphatic rings. The highest BCUT2D eigenvalue weighted by Crippen LogP contribution is 2.38. The molecule has 0 aromatic heterocycles. The number of ketones is 1. The van der Waals surface area contributed by atoms with E-state index in [1.165, 1.54) is 0 Å². The summed E-state index contributed by atoms with van der Waals surface area (Å²) in [7, 11) is 0. The molecule has 4 rings (SSSR count). The number of aliphatic imine (C=N–C) groups is 2. The molecule has 0 saturated carbocycles. The SMILES string of the molecule is CCN=C1CC2=C(N=C3C=C(C)C(NCC)=CC3O2)C2=C1C=CCC2=O. The van der Waals surface area contributed by atoms with Crippen molar-refractivity contribution in [3.05, 3.63) is 58.2 Å². The van der Waals surface area contributed by atoms with Gasteiger partial charge in [-0.2, -0.15) is 0 Å². The second-order valence-corrected chi connectivity index (χ2v) is 6.70. The standard InChI is InChI=1S/C21H23N3O2/c1-4-22-14-10-18-16(9-12(14)3)24-21-19(26-18)11-15(23-5-2)13-7-6-8-17(25)20(13)21/h6-7,9-10,18,22H,4-5,8,11H2,1-3H3. The van der Waals surface area contributed by atoms with E-state index in [0.29, 0.717) is 30.7 Å². The zero-order valence-corrected chi connectivity index (χ0v) is 15.4. The second kappa shape index (κ2) is 6.56. The van der Waals surface area contributed by atoms with Crippen LogP contribution in [0.1, 0.15) is 33.6 Å². The average molecular weight is 349 g/mol. The van der Waals surface area contributed by atoms with Crippen LogP contribution in [0.2, 0.25) is 0 Å². The number of fused-ring (bicyclic) bond motifs is 2. The van der Waals surface area contributed by atoms with Gasteiger partial charge in [0.2, 0.25) is 0 Å². The predicted molar refractivity (Wildman–Crippen MR) is 103 cm³/mol. The largest absolute Gasteiger partial charge is 0.482 e. The predicted octanol–water partition coefficient (Wildman–Crippen LogP) is 3.18. The van der Waals surface area contributed by atoms with Gasteiger partial charge in [0.15, 0.2) is 11.9 Å². The maximum Gasteiger partial charge on any atom is 0.169 e. The molecule has 1 aliphatic heterocycles. The van der Waals surface area contributed by atoms with Crippen molar-refractivity contribution in [2.24, 2.45) is 9.98 Å². The van der Waals surface area contributed by atoms with Crippen LogP contribution in [0.5, 0.6) is 0 Å². The number of nitrogens with one attached hydrogen (secondary N) is 1. The highest BCUT2D eigenvalue weighted by atomic mass is 16.5. The van der Waals surface area contributed by atoms with Crippen LogP contribution < -0.4 is 5.32 Å². The van der Waals surface area contributed by atoms with E-state index in [2.05, 4.69) is 30.2 Å². The number of hydrogen-bond donors (Lipinski definition) is 1. The van der Waals surface area contributed by atoms with Crippen LogP contribution in [0.3, 0.4) is 0 Å². The number of likely N-dealkylation sites (N-methyl/N-ethyl adjacent to an activating group) is 1. The maximum absolute atomic E-state index is 12.6. The van der Waals surface area contributed by atoms with Crippen molar-refractivity contribution in [1.82, 2.24) is 5.32 Å². The van der Waals surface area contributed by atoms with E-state index in [9.17, 15) is 4.79 Å². The highest BCUT2D eigenvalue weighted by Gasteiger charge is 2.36. The van der Waals surface area contributed by atoms with Gasteiger partial charge in [-0.15, -0.1) is 0 Å². The van der Waals surface area contributed by atoms with Crippen LogP contribution in [-0.4, -0.2) is 36.4 Å². The number of allylic oxidation sites excluding steroid dienone is 6. The van der Waals surface area contributed by atoms with Gasteiger partial charge in [0.25, 0.3) is 0 Å². The van der Waals surface area contributed by atoms with E-state index in [-0.39, 0.29) is 11.9 Å². The van der Waals surface area contributed by atoms with Crippen LogP contribution in [-0.2, 0) is 9.53 Å². The van der Waals surface area contributed by atoms with E-state index in [0.717, 1.165) is 40.6 Å². The summed E-state index contributed by atoms with van der Waals surface area (Å²) in [6.45, 7) is 7.67. The van der Waals surface area contributed by atoms with Crippen LogP contribution >= 0.6 is 0 Å². The number of nitrogens with zero attached hydrogens (tertiary/aromatic N) is 2. The molecule has 1 atom stereocenters. The van der Waals surface area contributed by atoms with Crippen molar-refractivity contribution in [2.75, 3.05) is 13.1 Å². The molecule has 0 aromatic rings. The minimum absolute atomic E-state index is 0.0882. The summed E-state index contributed by atoms with van der Waals surface area (Å²) in [6, 6.07) is 0. The Kier molecular flexibility index (Phi) is 4.23. The monoisotopic (exact) mass is 349 g/mol. The first-order valence-electron chi connectivity index (χ1n) is 9.23. The van der Waals surface area contributed by atoms with Gasteiger partial charge < -0.3 is 10.1 Å². The van der Waals surface area contributed by atoms with Crippen molar-refractivity contribution in [3.63, 3.8) is 0 Å². The van der Waals surface area contributed by atoms with Crippen molar-refractivity contribution < 1.29 is 9.53 Å². The van der Waals surface area contributed by atoms with E-state index >= 15 is 0 Å². The lowest BCUT2D eigenvalue weighted by molar-refractivity contribution is -0.114. The summed E-state index contributed by atoms with van der Waals surface area (Å²) in [5, 5.41) is 3.37. The van der Waals surface area contributed by atoms with E-state index < -0.39 is 0 Å². The number of carbonyl (C=O) groups excluding carboxylic acids is 1. The number of Topliss-reactive ketones (excluding diaryl/α,β-unsaturated/α-hetero) is 1. The molecular formula is C21H23N3O2. The molecule has 1 N–H and O–H groups in total. The fourth-order valence-corrected chi connectivity index (χ4v) is 3.75. The number of rotatable bonds is 3. The smallest absolute Gasteiger partial charge is 0.169 e. The van der Waals surface area contributed by atoms with Crippen LogP contribution in [0.15, 0.2) is 68.2 Å². The topological polar surface area (TPSA) is 63.1 Å². The number of carbonyl (C=O) groups is 1. The van der Waals surface area contributed by atoms with E-state index in [1.807, 2.05) is 25.2 Å². The Morgan fingerprint density at radius 1 is 1.38 bits per heavy atom. The second-order valence-electron chi connectivity index (χ2n) is 6.70. The summed E-state index contributed by atoms with van der Waals surface area (Å²) >= 11 is 0. The third kappa shape index (κ3) is 2.68. The summed E-state index contributed by atoms with van der Waals surface area (Å²) in [6.07, 6.45) is 8.81. The number of hydrogen-bond acceptors (Lipinski definition) is 5. The van der Waals surface area contributed by atoms with Crippen LogP contribution in [0.25, 0.3) is 0 Å². The molecule has 0 bridgehead atoms. The Morgan fingerprint density at radius 2 is 2.23 bits per heavy atom. The van der Waals surface area contributed by atoms with Gasteiger partial charge in [-0.3, -0.25) is 9.79 Å². The zero-order valence-electron chi connectivity index (χ0n) is 15.4. The van der Waals surface area contributed by atoms with Gasteiger partial charge >= 0.3 is 0 Å². The van der Waals surface area contributed by atoms with Gasteiger partial charge in [-0.25, -0.2) is 4.99 Å². The molecule has 0 saturated heterocycles. The summed E-state index contributed by atoms with van der Waals surface area (Å²) < 4.78 is 6.29. The van der Waals surface area contributed by atoms with Crippen molar-refractivity contribution in [2.45, 2.75) is 39.7 Å². The highest BCUT2D eigenvalue weighted by molar-refractivity contribution is 6.17. The van der Waals surface area contributed by atoms with Crippen molar-refractivity contribution >= 4 is 17.2 Å². The molecule has 0 radical (unpaired) electrons. The minimum Gasteiger partial charge on any atom is -0.482 e. The lowest BCUT2D eigenvalue weighted by Gasteiger charge is -2.33. The lowest BCUT2D eigenvalue weighted by atomic mass is 9.84. The average Bonchev–Trinajstić information content (AvgIpc) is 2.62. The van der Waals surface area contributed by atoms with E-state index in [1.54, 1.807) is 0 Å². The first-order valence-corrected chi connectivity index (χ1v) is 9.23. The molecular weight excluding hydrogens is 326 g/mol. The summed E-state index contributed by atoms with van der Waals surface area (Å²) in [4.78, 5) is 22.1. The molecule has 26 heavy (non-hydrogen) atoms. The Morgan fingerprint density at radius 3 is 3.00 bits per heavy atom. The molecule has 3 aliphatic carbocycles. The minimum atomic E-state index is -0.217. The Balaban J connectivity index is 1.80. The molecule has 5 nitrogen and oxygen atoms in total. The maximum atomic E-state index is 12.6. The van der Waals surface area contributed by atoms with Gasteiger partial charge in [-0.05, 0) is 38.5 Å². The fourth-order valence-electron chi connectivity index (χ4n) is 3.75. The van der Waals surface area contributed by atoms with Crippen molar-refractivity contribution in [3.8, 4) is 0 Å². The molecule has 1 heterocycles. The van der Waals surface area contributed by atoms with Gasteiger partial charge in [0, 0.05) is 30.8 Å². The molecule has 5 heteroatoms. The van der Waals surface area contributed by atoms with Crippen molar-refractivity contribution in [1.29, 1.82) is 0 Å². The lowest BCUT2D eigenvalue weighted by Crippen LogP contribution is -2.34. The zero-order chi connectivity index (χ0) is 18.3. The Bertz CT molecular complexity index is 894. The van der Waals surface area contributed by atoms with Gasteiger partial charge in [0.05, 0.1) is 23.4 Å². The molecule has 1 unspecified atom stereocenters. The number of ether oxygens (including phenoxy) is 1. The quantitative estimate of drug-likeness (QED) is 0.851. The van der Waals surface area contributed by atoms with Gasteiger partial charge in [0.1, 0.15) is 11.5 Å².